The maximum absolute atomic E-state index is 10.3. The summed E-state index contributed by atoms with van der Waals surface area (Å²) in [4.78, 5) is 2.33. The molecule has 1 aromatic carbocycles. The zero-order valence-electron chi connectivity index (χ0n) is 13.9. The van der Waals surface area contributed by atoms with E-state index in [1.165, 1.54) is 5.56 Å². The number of nitrogens with zero attached hydrogens (tertiary/aromatic N) is 3. The number of hydrogen-bond donors (Lipinski definition) is 1. The summed E-state index contributed by atoms with van der Waals surface area (Å²) in [6.45, 7) is 2.45. The molecule has 1 N–H and O–H groups in total. The Bertz CT molecular complexity index is 644. The van der Waals surface area contributed by atoms with Crippen molar-refractivity contribution in [1.82, 2.24) is 14.7 Å². The SMILES string of the molecule is Cn1cc([C@@H]2CCCN2C[C@H](O)COCc2ccc(Cl)cc2)cn1. The van der Waals surface area contributed by atoms with E-state index >= 15 is 0 Å². The number of aliphatic hydroxyl groups excluding tert-OH is 1. The van der Waals surface area contributed by atoms with E-state index in [-0.39, 0.29) is 0 Å². The lowest BCUT2D eigenvalue weighted by Crippen LogP contribution is -2.34. The summed E-state index contributed by atoms with van der Waals surface area (Å²) in [5, 5.41) is 15.3. The summed E-state index contributed by atoms with van der Waals surface area (Å²) >= 11 is 5.86. The van der Waals surface area contributed by atoms with Crippen LogP contribution < -0.4 is 0 Å². The van der Waals surface area contributed by atoms with Crippen molar-refractivity contribution in [2.24, 2.45) is 7.05 Å². The Kier molecular flexibility index (Phi) is 5.89. The van der Waals surface area contributed by atoms with Crippen LogP contribution >= 0.6 is 11.6 Å². The van der Waals surface area contributed by atoms with Gasteiger partial charge < -0.3 is 9.84 Å². The van der Waals surface area contributed by atoms with Crippen molar-refractivity contribution >= 4 is 11.6 Å². The van der Waals surface area contributed by atoms with Crippen molar-refractivity contribution in [2.75, 3.05) is 19.7 Å². The van der Waals surface area contributed by atoms with Crippen LogP contribution in [0.25, 0.3) is 0 Å². The highest BCUT2D eigenvalue weighted by Gasteiger charge is 2.28. The fourth-order valence-electron chi connectivity index (χ4n) is 3.25. The minimum Gasteiger partial charge on any atom is -0.389 e. The van der Waals surface area contributed by atoms with Gasteiger partial charge in [0.2, 0.25) is 0 Å². The van der Waals surface area contributed by atoms with E-state index in [0.717, 1.165) is 24.9 Å². The van der Waals surface area contributed by atoms with Gasteiger partial charge in [-0.2, -0.15) is 5.10 Å². The minimum absolute atomic E-state index is 0.332. The van der Waals surface area contributed by atoms with Crippen LogP contribution in [0.5, 0.6) is 0 Å². The molecule has 1 saturated heterocycles. The van der Waals surface area contributed by atoms with Crippen LogP contribution in [0.4, 0.5) is 0 Å². The highest BCUT2D eigenvalue weighted by atomic mass is 35.5. The number of aliphatic hydroxyl groups is 1. The zero-order chi connectivity index (χ0) is 16.9. The van der Waals surface area contributed by atoms with Crippen molar-refractivity contribution in [3.8, 4) is 0 Å². The van der Waals surface area contributed by atoms with Crippen molar-refractivity contribution in [3.63, 3.8) is 0 Å². The molecule has 1 aliphatic rings. The molecule has 0 spiro atoms. The van der Waals surface area contributed by atoms with Crippen LogP contribution in [0.1, 0.15) is 30.0 Å². The highest BCUT2D eigenvalue weighted by Crippen LogP contribution is 2.31. The van der Waals surface area contributed by atoms with E-state index in [4.69, 9.17) is 16.3 Å². The van der Waals surface area contributed by atoms with E-state index in [2.05, 4.69) is 16.2 Å². The van der Waals surface area contributed by atoms with E-state index in [1.807, 2.05) is 42.2 Å². The van der Waals surface area contributed by atoms with Gasteiger partial charge in [-0.3, -0.25) is 9.58 Å². The molecule has 1 fully saturated rings. The average molecular weight is 350 g/mol. The molecule has 3 rings (SSSR count). The third kappa shape index (κ3) is 4.57. The first kappa shape index (κ1) is 17.4. The van der Waals surface area contributed by atoms with Gasteiger partial charge in [0.25, 0.3) is 0 Å². The van der Waals surface area contributed by atoms with Crippen molar-refractivity contribution < 1.29 is 9.84 Å². The second kappa shape index (κ2) is 8.12. The number of aromatic nitrogens is 2. The van der Waals surface area contributed by atoms with Gasteiger partial charge in [-0.1, -0.05) is 23.7 Å². The van der Waals surface area contributed by atoms with Crippen molar-refractivity contribution in [3.05, 3.63) is 52.8 Å². The number of halogens is 1. The topological polar surface area (TPSA) is 50.5 Å². The van der Waals surface area contributed by atoms with Gasteiger partial charge >= 0.3 is 0 Å². The Labute approximate surface area is 147 Å². The Balaban J connectivity index is 1.45. The van der Waals surface area contributed by atoms with E-state index < -0.39 is 6.10 Å². The number of aryl methyl sites for hydroxylation is 1. The fraction of sp³-hybridized carbons (Fsp3) is 0.500. The van der Waals surface area contributed by atoms with Crippen molar-refractivity contribution in [2.45, 2.75) is 31.6 Å². The first-order chi connectivity index (χ1) is 11.6. The lowest BCUT2D eigenvalue weighted by molar-refractivity contribution is 0.00771. The number of hydrogen-bond acceptors (Lipinski definition) is 4. The highest BCUT2D eigenvalue weighted by molar-refractivity contribution is 6.30. The molecular formula is C18H24ClN3O2. The van der Waals surface area contributed by atoms with Gasteiger partial charge in [-0.05, 0) is 37.1 Å². The standard InChI is InChI=1S/C18H24ClN3O2/c1-21-10-15(9-20-21)18-3-2-8-22(18)11-17(23)13-24-12-14-4-6-16(19)7-5-14/h4-7,9-10,17-18,23H,2-3,8,11-13H2,1H3/t17-,18-/m0/s1. The van der Waals surface area contributed by atoms with Gasteiger partial charge in [0.05, 0.1) is 25.5 Å². The molecule has 2 atom stereocenters. The monoisotopic (exact) mass is 349 g/mol. The van der Waals surface area contributed by atoms with Gasteiger partial charge in [0, 0.05) is 36.4 Å². The Hall–Kier alpha value is -1.40. The molecule has 24 heavy (non-hydrogen) atoms. The second-order valence-corrected chi connectivity index (χ2v) is 6.83. The zero-order valence-corrected chi connectivity index (χ0v) is 14.7. The predicted molar refractivity (Wildman–Crippen MR) is 93.9 cm³/mol. The second-order valence-electron chi connectivity index (χ2n) is 6.40. The number of β-amino-alcohol motifs (C(OH)–C–C–N with tert-alkyl or cyclic N) is 1. The molecule has 130 valence electrons. The third-order valence-corrected chi connectivity index (χ3v) is 4.66. The van der Waals surface area contributed by atoms with Gasteiger partial charge in [-0.25, -0.2) is 0 Å². The first-order valence-electron chi connectivity index (χ1n) is 8.34. The summed E-state index contributed by atoms with van der Waals surface area (Å²) in [7, 11) is 1.93. The lowest BCUT2D eigenvalue weighted by atomic mass is 10.1. The van der Waals surface area contributed by atoms with Crippen LogP contribution in [0.15, 0.2) is 36.7 Å². The summed E-state index contributed by atoms with van der Waals surface area (Å²) in [6, 6.07) is 7.92. The van der Waals surface area contributed by atoms with Gasteiger partial charge in [0.1, 0.15) is 0 Å². The molecular weight excluding hydrogens is 326 g/mol. The molecule has 0 bridgehead atoms. The number of ether oxygens (including phenoxy) is 1. The van der Waals surface area contributed by atoms with Gasteiger partial charge in [-0.15, -0.1) is 0 Å². The van der Waals surface area contributed by atoms with Gasteiger partial charge in [0.15, 0.2) is 0 Å². The molecule has 6 heteroatoms. The molecule has 0 radical (unpaired) electrons. The van der Waals surface area contributed by atoms with E-state index in [9.17, 15) is 5.11 Å². The molecule has 2 aromatic rings. The van der Waals surface area contributed by atoms with Crippen LogP contribution in [0.3, 0.4) is 0 Å². The molecule has 0 amide bonds. The van der Waals surface area contributed by atoms with E-state index in [1.54, 1.807) is 0 Å². The summed E-state index contributed by atoms with van der Waals surface area (Å²) in [5.74, 6) is 0. The molecule has 1 aromatic heterocycles. The average Bonchev–Trinajstić information content (AvgIpc) is 3.18. The largest absolute Gasteiger partial charge is 0.389 e. The van der Waals surface area contributed by atoms with Crippen molar-refractivity contribution in [1.29, 1.82) is 0 Å². The summed E-state index contributed by atoms with van der Waals surface area (Å²) in [6.07, 6.45) is 5.76. The molecule has 2 heterocycles. The maximum atomic E-state index is 10.3. The smallest absolute Gasteiger partial charge is 0.0900 e. The molecule has 5 nitrogen and oxygen atoms in total. The number of likely N-dealkylation sites (tertiary alicyclic amines) is 1. The van der Waals surface area contributed by atoms with Crippen LogP contribution in [-0.4, -0.2) is 45.6 Å². The first-order valence-corrected chi connectivity index (χ1v) is 8.72. The Morgan fingerprint density at radius 1 is 1.38 bits per heavy atom. The number of rotatable bonds is 7. The molecule has 1 aliphatic heterocycles. The predicted octanol–water partition coefficient (Wildman–Crippen LogP) is 2.79. The minimum atomic E-state index is -0.491. The third-order valence-electron chi connectivity index (χ3n) is 4.41. The Morgan fingerprint density at radius 3 is 2.88 bits per heavy atom. The lowest BCUT2D eigenvalue weighted by Gasteiger charge is -2.26. The maximum Gasteiger partial charge on any atom is 0.0900 e. The normalized spacial score (nSPS) is 19.7. The molecule has 0 saturated carbocycles. The molecule has 0 aliphatic carbocycles. The van der Waals surface area contributed by atoms with Crippen LogP contribution in [-0.2, 0) is 18.4 Å². The molecule has 0 unspecified atom stereocenters. The Morgan fingerprint density at radius 2 is 2.17 bits per heavy atom. The summed E-state index contributed by atoms with van der Waals surface area (Å²) < 4.78 is 7.47. The van der Waals surface area contributed by atoms with Crippen LogP contribution in [0, 0.1) is 0 Å². The summed E-state index contributed by atoms with van der Waals surface area (Å²) in [5.41, 5.74) is 2.28. The number of benzene rings is 1. The van der Waals surface area contributed by atoms with E-state index in [0.29, 0.717) is 30.8 Å². The fourth-order valence-corrected chi connectivity index (χ4v) is 3.38. The quantitative estimate of drug-likeness (QED) is 0.835. The van der Waals surface area contributed by atoms with Crippen LogP contribution in [0.2, 0.25) is 5.02 Å².